The van der Waals surface area contributed by atoms with Gasteiger partial charge in [0.15, 0.2) is 10.4 Å². The largest absolute Gasteiger partial charge is 0.444 e. The fourth-order valence-electron chi connectivity index (χ4n) is 3.00. The Hall–Kier alpha value is -1.93. The molecule has 1 aliphatic rings. The van der Waals surface area contributed by atoms with Crippen molar-refractivity contribution in [2.75, 3.05) is 32.7 Å². The molecular formula is C19H25BrN4O3. The van der Waals surface area contributed by atoms with Crippen LogP contribution in [0, 0.1) is 0 Å². The van der Waals surface area contributed by atoms with Crippen molar-refractivity contribution in [3.8, 4) is 0 Å². The van der Waals surface area contributed by atoms with Crippen molar-refractivity contribution in [3.05, 3.63) is 50.7 Å². The molecule has 1 saturated heterocycles. The van der Waals surface area contributed by atoms with Gasteiger partial charge in [-0.05, 0) is 34.1 Å². The molecule has 0 bridgehead atoms. The number of hydrogen-bond acceptors (Lipinski definition) is 5. The van der Waals surface area contributed by atoms with E-state index in [1.54, 1.807) is 33.8 Å². The average Bonchev–Trinajstić information content (AvgIpc) is 3.06. The van der Waals surface area contributed by atoms with Gasteiger partial charge in [-0.3, -0.25) is 14.5 Å². The van der Waals surface area contributed by atoms with E-state index in [9.17, 15) is 9.59 Å². The van der Waals surface area contributed by atoms with Crippen molar-refractivity contribution >= 4 is 21.8 Å². The number of halogens is 1. The number of piperazine rings is 1. The van der Waals surface area contributed by atoms with Crippen LogP contribution in [0.1, 0.15) is 37.0 Å². The van der Waals surface area contributed by atoms with Crippen molar-refractivity contribution in [2.45, 2.75) is 32.7 Å². The fourth-order valence-corrected chi connectivity index (χ4v) is 3.31. The summed E-state index contributed by atoms with van der Waals surface area (Å²) in [4.78, 5) is 28.5. The van der Waals surface area contributed by atoms with E-state index in [2.05, 4.69) is 46.7 Å². The van der Waals surface area contributed by atoms with Crippen LogP contribution in [-0.2, 0) is 12.0 Å². The molecule has 7 nitrogen and oxygen atoms in total. The lowest BCUT2D eigenvalue weighted by atomic mass is 9.92. The van der Waals surface area contributed by atoms with E-state index in [4.69, 9.17) is 4.42 Å². The van der Waals surface area contributed by atoms with Gasteiger partial charge in [-0.25, -0.2) is 4.68 Å². The van der Waals surface area contributed by atoms with E-state index in [1.165, 1.54) is 0 Å². The highest BCUT2D eigenvalue weighted by molar-refractivity contribution is 9.10. The second-order valence-electron chi connectivity index (χ2n) is 7.77. The standard InChI is InChI=1S/C19H25BrN4O3/c1-19(2,3)15-5-7-17(25)24(21-15)13-10-22-8-11-23(12-9-22)18(26)14-4-6-16(20)27-14/h4-7H,8-13H2,1-3H3. The Morgan fingerprint density at radius 1 is 1.11 bits per heavy atom. The maximum Gasteiger partial charge on any atom is 0.289 e. The topological polar surface area (TPSA) is 71.6 Å². The molecule has 1 amide bonds. The first-order chi connectivity index (χ1) is 12.7. The molecular weight excluding hydrogens is 412 g/mol. The van der Waals surface area contributed by atoms with Crippen molar-refractivity contribution in [3.63, 3.8) is 0 Å². The zero-order chi connectivity index (χ0) is 19.6. The van der Waals surface area contributed by atoms with Crippen LogP contribution in [0.15, 0.2) is 38.1 Å². The van der Waals surface area contributed by atoms with E-state index in [0.29, 0.717) is 30.1 Å². The van der Waals surface area contributed by atoms with Gasteiger partial charge >= 0.3 is 0 Å². The third-order valence-electron chi connectivity index (χ3n) is 4.71. The van der Waals surface area contributed by atoms with Gasteiger partial charge in [-0.2, -0.15) is 5.10 Å². The molecule has 27 heavy (non-hydrogen) atoms. The molecule has 2 aromatic rings. The number of amides is 1. The second kappa shape index (κ2) is 7.98. The summed E-state index contributed by atoms with van der Waals surface area (Å²) >= 11 is 3.22. The molecule has 2 aromatic heterocycles. The van der Waals surface area contributed by atoms with Gasteiger partial charge in [-0.15, -0.1) is 0 Å². The summed E-state index contributed by atoms with van der Waals surface area (Å²) in [5, 5.41) is 4.51. The van der Waals surface area contributed by atoms with Crippen LogP contribution in [-0.4, -0.2) is 58.2 Å². The summed E-state index contributed by atoms with van der Waals surface area (Å²) in [6.07, 6.45) is 0. The van der Waals surface area contributed by atoms with E-state index in [-0.39, 0.29) is 16.9 Å². The molecule has 3 rings (SSSR count). The lowest BCUT2D eigenvalue weighted by Crippen LogP contribution is -2.49. The minimum absolute atomic E-state index is 0.0831. The van der Waals surface area contributed by atoms with E-state index >= 15 is 0 Å². The first kappa shape index (κ1) is 19.8. The molecule has 146 valence electrons. The van der Waals surface area contributed by atoms with Crippen molar-refractivity contribution < 1.29 is 9.21 Å². The van der Waals surface area contributed by atoms with Gasteiger partial charge in [-0.1, -0.05) is 20.8 Å². The lowest BCUT2D eigenvalue weighted by Gasteiger charge is -2.34. The third-order valence-corrected chi connectivity index (χ3v) is 5.13. The van der Waals surface area contributed by atoms with Crippen LogP contribution in [0.4, 0.5) is 0 Å². The van der Waals surface area contributed by atoms with Gasteiger partial charge in [0.05, 0.1) is 12.2 Å². The molecule has 3 heterocycles. The van der Waals surface area contributed by atoms with Crippen LogP contribution in [0.3, 0.4) is 0 Å². The van der Waals surface area contributed by atoms with Gasteiger partial charge in [0, 0.05) is 44.2 Å². The van der Waals surface area contributed by atoms with E-state index in [1.807, 2.05) is 0 Å². The maximum atomic E-state index is 12.4. The number of furan rings is 1. The third kappa shape index (κ3) is 4.87. The molecule has 0 aliphatic carbocycles. The highest BCUT2D eigenvalue weighted by Crippen LogP contribution is 2.18. The summed E-state index contributed by atoms with van der Waals surface area (Å²) in [7, 11) is 0. The summed E-state index contributed by atoms with van der Waals surface area (Å²) in [6, 6.07) is 6.79. The summed E-state index contributed by atoms with van der Waals surface area (Å²) in [6.45, 7) is 10.3. The molecule has 0 spiro atoms. The Morgan fingerprint density at radius 2 is 1.81 bits per heavy atom. The molecule has 0 atom stereocenters. The Bertz CT molecular complexity index is 860. The molecule has 1 aliphatic heterocycles. The van der Waals surface area contributed by atoms with E-state index in [0.717, 1.165) is 25.3 Å². The van der Waals surface area contributed by atoms with Crippen molar-refractivity contribution in [2.24, 2.45) is 0 Å². The number of nitrogens with zero attached hydrogens (tertiary/aromatic N) is 4. The molecule has 0 N–H and O–H groups in total. The summed E-state index contributed by atoms with van der Waals surface area (Å²) in [5.41, 5.74) is 0.727. The Labute approximate surface area is 167 Å². The number of carbonyl (C=O) groups excluding carboxylic acids is 1. The fraction of sp³-hybridized carbons (Fsp3) is 0.526. The summed E-state index contributed by atoms with van der Waals surface area (Å²) < 4.78 is 7.44. The van der Waals surface area contributed by atoms with Gasteiger partial charge in [0.2, 0.25) is 0 Å². The molecule has 0 radical (unpaired) electrons. The average molecular weight is 437 g/mol. The zero-order valence-electron chi connectivity index (χ0n) is 15.9. The van der Waals surface area contributed by atoms with Crippen molar-refractivity contribution in [1.82, 2.24) is 19.6 Å². The van der Waals surface area contributed by atoms with Gasteiger partial charge in [0.1, 0.15) is 0 Å². The van der Waals surface area contributed by atoms with Crippen LogP contribution >= 0.6 is 15.9 Å². The van der Waals surface area contributed by atoms with Crippen molar-refractivity contribution in [1.29, 1.82) is 0 Å². The van der Waals surface area contributed by atoms with Crippen LogP contribution < -0.4 is 5.56 Å². The number of carbonyl (C=O) groups is 1. The minimum Gasteiger partial charge on any atom is -0.444 e. The Morgan fingerprint density at radius 3 is 2.41 bits per heavy atom. The molecule has 1 fully saturated rings. The highest BCUT2D eigenvalue weighted by atomic mass is 79.9. The molecule has 0 unspecified atom stereocenters. The number of aromatic nitrogens is 2. The SMILES string of the molecule is CC(C)(C)c1ccc(=O)n(CCN2CCN(C(=O)c3ccc(Br)o3)CC2)n1. The Balaban J connectivity index is 1.54. The van der Waals surface area contributed by atoms with E-state index < -0.39 is 0 Å². The first-order valence-electron chi connectivity index (χ1n) is 9.10. The first-order valence-corrected chi connectivity index (χ1v) is 9.89. The monoisotopic (exact) mass is 436 g/mol. The zero-order valence-corrected chi connectivity index (χ0v) is 17.5. The number of rotatable bonds is 4. The summed E-state index contributed by atoms with van der Waals surface area (Å²) in [5.74, 6) is 0.265. The normalized spacial score (nSPS) is 15.9. The lowest BCUT2D eigenvalue weighted by molar-refractivity contribution is 0.0599. The van der Waals surface area contributed by atoms with Crippen LogP contribution in [0.5, 0.6) is 0 Å². The molecule has 0 saturated carbocycles. The smallest absolute Gasteiger partial charge is 0.289 e. The highest BCUT2D eigenvalue weighted by Gasteiger charge is 2.24. The molecule has 0 aromatic carbocycles. The van der Waals surface area contributed by atoms with Crippen LogP contribution in [0.25, 0.3) is 0 Å². The van der Waals surface area contributed by atoms with Gasteiger partial charge < -0.3 is 9.32 Å². The maximum absolute atomic E-state index is 12.4. The minimum atomic E-state index is -0.0950. The predicted octanol–water partition coefficient (Wildman–Crippen LogP) is 2.35. The Kier molecular flexibility index (Phi) is 5.86. The second-order valence-corrected chi connectivity index (χ2v) is 8.55. The predicted molar refractivity (Wildman–Crippen MR) is 106 cm³/mol. The van der Waals surface area contributed by atoms with Gasteiger partial charge in [0.25, 0.3) is 11.5 Å². The van der Waals surface area contributed by atoms with Crippen LogP contribution in [0.2, 0.25) is 0 Å². The quantitative estimate of drug-likeness (QED) is 0.735. The molecule has 8 heteroatoms. The number of hydrogen-bond donors (Lipinski definition) is 0.